The number of aryl methyl sites for hydroxylation is 1. The van der Waals surface area contributed by atoms with Crippen LogP contribution in [0.25, 0.3) is 0 Å². The van der Waals surface area contributed by atoms with Crippen molar-refractivity contribution in [3.05, 3.63) is 30.1 Å². The molecule has 1 unspecified atom stereocenters. The summed E-state index contributed by atoms with van der Waals surface area (Å²) >= 11 is 0. The molecule has 1 atom stereocenters. The van der Waals surface area contributed by atoms with Gasteiger partial charge in [0.15, 0.2) is 0 Å². The first kappa shape index (κ1) is 12.2. The van der Waals surface area contributed by atoms with Gasteiger partial charge in [-0.25, -0.2) is 0 Å². The number of pyridine rings is 1. The Morgan fingerprint density at radius 2 is 2.31 bits per heavy atom. The van der Waals surface area contributed by atoms with Crippen LogP contribution in [-0.2, 0) is 16.0 Å². The number of nitrogens with one attached hydrogen (secondary N) is 1. The summed E-state index contributed by atoms with van der Waals surface area (Å²) in [6, 6.07) is 3.10. The number of nitrogens with two attached hydrogens (primary N) is 1. The Balaban J connectivity index is 2.33. The summed E-state index contributed by atoms with van der Waals surface area (Å²) in [6.07, 6.45) is 4.32. The summed E-state index contributed by atoms with van der Waals surface area (Å²) in [7, 11) is 0. The monoisotopic (exact) mass is 221 g/mol. The second-order valence-corrected chi connectivity index (χ2v) is 3.55. The molecule has 0 saturated heterocycles. The third-order valence-electron chi connectivity index (χ3n) is 2.17. The summed E-state index contributed by atoms with van der Waals surface area (Å²) in [4.78, 5) is 26.0. The molecule has 0 aliphatic carbocycles. The number of carbonyl (C=O) groups excluding carboxylic acids is 2. The Kier molecular flexibility index (Phi) is 4.44. The molecule has 3 N–H and O–H groups in total. The van der Waals surface area contributed by atoms with Gasteiger partial charge < -0.3 is 11.1 Å². The maximum atomic E-state index is 11.4. The zero-order chi connectivity index (χ0) is 12.0. The molecule has 2 amide bonds. The average molecular weight is 221 g/mol. The van der Waals surface area contributed by atoms with E-state index in [1.165, 1.54) is 0 Å². The highest BCUT2D eigenvalue weighted by molar-refractivity contribution is 5.86. The summed E-state index contributed by atoms with van der Waals surface area (Å²) in [5.41, 5.74) is 6.02. The average Bonchev–Trinajstić information content (AvgIpc) is 2.27. The molecule has 0 bridgehead atoms. The molecule has 0 spiro atoms. The first-order valence-corrected chi connectivity index (χ1v) is 5.07. The maximum absolute atomic E-state index is 11.4. The van der Waals surface area contributed by atoms with Gasteiger partial charge in [-0.05, 0) is 25.0 Å². The molecular weight excluding hydrogens is 206 g/mol. The molecule has 1 rings (SSSR count). The predicted molar refractivity (Wildman–Crippen MR) is 59.4 cm³/mol. The number of primary amides is 1. The fraction of sp³-hybridized carbons (Fsp3) is 0.364. The molecule has 0 aromatic carbocycles. The second-order valence-electron chi connectivity index (χ2n) is 3.55. The second kappa shape index (κ2) is 5.85. The summed E-state index contributed by atoms with van der Waals surface area (Å²) in [5, 5.41) is 2.52. The van der Waals surface area contributed by atoms with Crippen molar-refractivity contribution < 1.29 is 9.59 Å². The standard InChI is InChI=1S/C11H15N3O2/c1-8(11(12)16)14-10(15)5-4-9-3-2-6-13-7-9/h2-3,6-8H,4-5H2,1H3,(H2,12,16)(H,14,15). The van der Waals surface area contributed by atoms with Crippen molar-refractivity contribution in [2.45, 2.75) is 25.8 Å². The first-order chi connectivity index (χ1) is 7.59. The van der Waals surface area contributed by atoms with Crippen molar-refractivity contribution in [3.63, 3.8) is 0 Å². The number of hydrogen-bond donors (Lipinski definition) is 2. The molecule has 16 heavy (non-hydrogen) atoms. The van der Waals surface area contributed by atoms with Crippen LogP contribution in [-0.4, -0.2) is 22.8 Å². The number of aromatic nitrogens is 1. The van der Waals surface area contributed by atoms with E-state index in [1.54, 1.807) is 19.3 Å². The zero-order valence-electron chi connectivity index (χ0n) is 9.14. The van der Waals surface area contributed by atoms with E-state index in [2.05, 4.69) is 10.3 Å². The minimum absolute atomic E-state index is 0.185. The van der Waals surface area contributed by atoms with Crippen LogP contribution in [0.3, 0.4) is 0 Å². The van der Waals surface area contributed by atoms with Crippen LogP contribution in [0.15, 0.2) is 24.5 Å². The molecule has 0 fully saturated rings. The third-order valence-corrected chi connectivity index (χ3v) is 2.17. The highest BCUT2D eigenvalue weighted by atomic mass is 16.2. The lowest BCUT2D eigenvalue weighted by Crippen LogP contribution is -2.42. The van der Waals surface area contributed by atoms with Gasteiger partial charge in [0.2, 0.25) is 11.8 Å². The van der Waals surface area contributed by atoms with Gasteiger partial charge in [0, 0.05) is 18.8 Å². The van der Waals surface area contributed by atoms with Crippen LogP contribution in [0, 0.1) is 0 Å². The van der Waals surface area contributed by atoms with E-state index in [4.69, 9.17) is 5.73 Å². The van der Waals surface area contributed by atoms with Gasteiger partial charge in [0.25, 0.3) is 0 Å². The quantitative estimate of drug-likeness (QED) is 0.734. The SMILES string of the molecule is CC(NC(=O)CCc1cccnc1)C(N)=O. The van der Waals surface area contributed by atoms with E-state index in [1.807, 2.05) is 12.1 Å². The molecule has 0 aliphatic heterocycles. The van der Waals surface area contributed by atoms with Crippen molar-refractivity contribution >= 4 is 11.8 Å². The zero-order valence-corrected chi connectivity index (χ0v) is 9.14. The van der Waals surface area contributed by atoms with Gasteiger partial charge in [-0.3, -0.25) is 14.6 Å². The van der Waals surface area contributed by atoms with E-state index >= 15 is 0 Å². The van der Waals surface area contributed by atoms with Crippen LogP contribution >= 0.6 is 0 Å². The van der Waals surface area contributed by atoms with E-state index in [0.717, 1.165) is 5.56 Å². The molecule has 1 aromatic heterocycles. The summed E-state index contributed by atoms with van der Waals surface area (Å²) in [6.45, 7) is 1.56. The highest BCUT2D eigenvalue weighted by Gasteiger charge is 2.11. The topological polar surface area (TPSA) is 85.1 Å². The van der Waals surface area contributed by atoms with E-state index < -0.39 is 11.9 Å². The number of hydrogen-bond acceptors (Lipinski definition) is 3. The van der Waals surface area contributed by atoms with Crippen molar-refractivity contribution in [2.24, 2.45) is 5.73 Å². The Labute approximate surface area is 94.1 Å². The molecule has 86 valence electrons. The van der Waals surface area contributed by atoms with E-state index in [-0.39, 0.29) is 5.91 Å². The lowest BCUT2D eigenvalue weighted by molar-refractivity contribution is -0.126. The maximum Gasteiger partial charge on any atom is 0.239 e. The van der Waals surface area contributed by atoms with Crippen molar-refractivity contribution in [1.29, 1.82) is 0 Å². The predicted octanol–water partition coefficient (Wildman–Crippen LogP) is 0.00420. The third kappa shape index (κ3) is 4.08. The lowest BCUT2D eigenvalue weighted by Gasteiger charge is -2.09. The fourth-order valence-electron chi connectivity index (χ4n) is 1.19. The molecule has 0 saturated carbocycles. The number of amides is 2. The Bertz CT molecular complexity index is 365. The Morgan fingerprint density at radius 1 is 1.56 bits per heavy atom. The number of carbonyl (C=O) groups is 2. The van der Waals surface area contributed by atoms with Gasteiger partial charge in [-0.2, -0.15) is 0 Å². The van der Waals surface area contributed by atoms with Gasteiger partial charge in [0.1, 0.15) is 6.04 Å². The molecule has 5 heteroatoms. The van der Waals surface area contributed by atoms with Gasteiger partial charge in [-0.1, -0.05) is 6.07 Å². The Hall–Kier alpha value is -1.91. The molecular formula is C11H15N3O2. The number of nitrogens with zero attached hydrogens (tertiary/aromatic N) is 1. The molecule has 0 aliphatic rings. The fourth-order valence-corrected chi connectivity index (χ4v) is 1.19. The molecule has 0 radical (unpaired) electrons. The van der Waals surface area contributed by atoms with Crippen LogP contribution in [0.5, 0.6) is 0 Å². The number of rotatable bonds is 5. The largest absolute Gasteiger partial charge is 0.368 e. The van der Waals surface area contributed by atoms with E-state index in [9.17, 15) is 9.59 Å². The van der Waals surface area contributed by atoms with Crippen molar-refractivity contribution in [1.82, 2.24) is 10.3 Å². The van der Waals surface area contributed by atoms with Crippen molar-refractivity contribution in [2.75, 3.05) is 0 Å². The van der Waals surface area contributed by atoms with Crippen LogP contribution in [0.2, 0.25) is 0 Å². The van der Waals surface area contributed by atoms with Crippen LogP contribution in [0.1, 0.15) is 18.9 Å². The summed E-state index contributed by atoms with van der Waals surface area (Å²) < 4.78 is 0. The molecule has 1 aromatic rings. The minimum atomic E-state index is -0.624. The first-order valence-electron chi connectivity index (χ1n) is 5.07. The minimum Gasteiger partial charge on any atom is -0.368 e. The van der Waals surface area contributed by atoms with Gasteiger partial charge >= 0.3 is 0 Å². The van der Waals surface area contributed by atoms with Gasteiger partial charge in [-0.15, -0.1) is 0 Å². The van der Waals surface area contributed by atoms with Crippen LogP contribution in [0.4, 0.5) is 0 Å². The molecule has 5 nitrogen and oxygen atoms in total. The Morgan fingerprint density at radius 3 is 2.88 bits per heavy atom. The smallest absolute Gasteiger partial charge is 0.239 e. The molecule has 1 heterocycles. The highest BCUT2D eigenvalue weighted by Crippen LogP contribution is 2.00. The van der Waals surface area contributed by atoms with Gasteiger partial charge in [0.05, 0.1) is 0 Å². The lowest BCUT2D eigenvalue weighted by atomic mass is 10.1. The van der Waals surface area contributed by atoms with E-state index in [0.29, 0.717) is 12.8 Å². The van der Waals surface area contributed by atoms with Crippen molar-refractivity contribution in [3.8, 4) is 0 Å². The normalized spacial score (nSPS) is 11.8. The van der Waals surface area contributed by atoms with Crippen LogP contribution < -0.4 is 11.1 Å². The summed E-state index contributed by atoms with van der Waals surface area (Å²) in [5.74, 6) is -0.718.